The van der Waals surface area contributed by atoms with Crippen molar-refractivity contribution < 1.29 is 19.8 Å². The summed E-state index contributed by atoms with van der Waals surface area (Å²) in [7, 11) is 1.53. The first-order chi connectivity index (χ1) is 6.91. The van der Waals surface area contributed by atoms with Crippen LogP contribution in [0.3, 0.4) is 0 Å². The molecule has 0 aromatic carbocycles. The van der Waals surface area contributed by atoms with Gasteiger partial charge in [0, 0.05) is 27.1 Å². The number of likely N-dealkylation sites (tertiary alicyclic amines) is 1. The van der Waals surface area contributed by atoms with Crippen molar-refractivity contribution >= 4 is 11.8 Å². The Hall–Kier alpha value is -1.14. The fourth-order valence-electron chi connectivity index (χ4n) is 1.39. The third-order valence-corrected chi connectivity index (χ3v) is 2.52. The van der Waals surface area contributed by atoms with Gasteiger partial charge >= 0.3 is 0 Å². The van der Waals surface area contributed by atoms with E-state index in [-0.39, 0.29) is 31.4 Å². The van der Waals surface area contributed by atoms with E-state index in [9.17, 15) is 19.8 Å². The molecule has 0 aromatic heterocycles. The molecule has 1 rings (SSSR count). The van der Waals surface area contributed by atoms with E-state index in [0.29, 0.717) is 0 Å². The van der Waals surface area contributed by atoms with Crippen LogP contribution in [0.15, 0.2) is 0 Å². The molecule has 0 aromatic rings. The van der Waals surface area contributed by atoms with Gasteiger partial charge in [-0.3, -0.25) is 9.59 Å². The fraction of sp³-hybridized carbons (Fsp3) is 0.778. The molecule has 2 N–H and O–H groups in total. The zero-order valence-electron chi connectivity index (χ0n) is 8.88. The summed E-state index contributed by atoms with van der Waals surface area (Å²) in [5.74, 6) is -0.452. The molecule has 6 heteroatoms. The smallest absolute Gasteiger partial charge is 0.242 e. The van der Waals surface area contributed by atoms with Gasteiger partial charge in [0.15, 0.2) is 0 Å². The Labute approximate surface area is 88.1 Å². The average Bonchev–Trinajstić information content (AvgIpc) is 2.46. The highest BCUT2D eigenvalue weighted by molar-refractivity contribution is 5.83. The molecule has 0 saturated carbocycles. The molecule has 1 saturated heterocycles. The van der Waals surface area contributed by atoms with Crippen LogP contribution in [0.2, 0.25) is 0 Å². The highest BCUT2D eigenvalue weighted by atomic mass is 16.3. The van der Waals surface area contributed by atoms with Crippen molar-refractivity contribution in [3.05, 3.63) is 0 Å². The van der Waals surface area contributed by atoms with Crippen LogP contribution in [-0.4, -0.2) is 70.7 Å². The third-order valence-electron chi connectivity index (χ3n) is 2.52. The lowest BCUT2D eigenvalue weighted by atomic mass is 10.3. The molecule has 1 aliphatic heterocycles. The first kappa shape index (κ1) is 11.9. The van der Waals surface area contributed by atoms with Gasteiger partial charge in [0.1, 0.15) is 0 Å². The Kier molecular flexibility index (Phi) is 3.65. The lowest BCUT2D eigenvalue weighted by Gasteiger charge is -2.20. The van der Waals surface area contributed by atoms with Crippen molar-refractivity contribution in [1.29, 1.82) is 0 Å². The summed E-state index contributed by atoms with van der Waals surface area (Å²) in [6.07, 6.45) is -1.76. The third kappa shape index (κ3) is 2.90. The van der Waals surface area contributed by atoms with Gasteiger partial charge in [-0.2, -0.15) is 0 Å². The summed E-state index contributed by atoms with van der Waals surface area (Å²) in [6, 6.07) is 0. The Morgan fingerprint density at radius 1 is 1.33 bits per heavy atom. The number of β-amino-alcohol motifs (C(OH)–C–C–N with tert-alkyl or cyclic N) is 2. The van der Waals surface area contributed by atoms with Crippen LogP contribution in [0.25, 0.3) is 0 Å². The van der Waals surface area contributed by atoms with E-state index in [1.807, 2.05) is 0 Å². The molecule has 1 heterocycles. The highest BCUT2D eigenvalue weighted by Crippen LogP contribution is 2.10. The monoisotopic (exact) mass is 216 g/mol. The maximum absolute atomic E-state index is 11.6. The Morgan fingerprint density at radius 2 is 1.80 bits per heavy atom. The second-order valence-electron chi connectivity index (χ2n) is 3.81. The summed E-state index contributed by atoms with van der Waals surface area (Å²) in [5.41, 5.74) is 0. The van der Waals surface area contributed by atoms with Crippen LogP contribution in [0, 0.1) is 0 Å². The normalized spacial score (nSPS) is 25.5. The number of likely N-dealkylation sites (N-methyl/N-ethyl adjacent to an activating group) is 1. The number of hydrogen-bond acceptors (Lipinski definition) is 4. The fourth-order valence-corrected chi connectivity index (χ4v) is 1.39. The number of hydrogen-bond donors (Lipinski definition) is 2. The van der Waals surface area contributed by atoms with Crippen LogP contribution in [0.5, 0.6) is 0 Å². The van der Waals surface area contributed by atoms with E-state index < -0.39 is 12.2 Å². The highest BCUT2D eigenvalue weighted by Gasteiger charge is 2.32. The minimum Gasteiger partial charge on any atom is -0.388 e. The molecule has 0 radical (unpaired) electrons. The van der Waals surface area contributed by atoms with E-state index in [2.05, 4.69) is 0 Å². The largest absolute Gasteiger partial charge is 0.388 e. The van der Waals surface area contributed by atoms with Crippen LogP contribution >= 0.6 is 0 Å². The van der Waals surface area contributed by atoms with Crippen LogP contribution in [0.4, 0.5) is 0 Å². The van der Waals surface area contributed by atoms with Crippen molar-refractivity contribution in [3.8, 4) is 0 Å². The summed E-state index contributed by atoms with van der Waals surface area (Å²) < 4.78 is 0. The summed E-state index contributed by atoms with van der Waals surface area (Å²) in [6.45, 7) is 1.62. The molecule has 2 amide bonds. The number of aliphatic hydroxyl groups is 2. The zero-order valence-corrected chi connectivity index (χ0v) is 8.88. The number of amides is 2. The molecule has 86 valence electrons. The quantitative estimate of drug-likeness (QED) is 0.561. The topological polar surface area (TPSA) is 81.1 Å². The Morgan fingerprint density at radius 3 is 2.20 bits per heavy atom. The molecular weight excluding hydrogens is 200 g/mol. The molecule has 0 bridgehead atoms. The number of rotatable bonds is 2. The van der Waals surface area contributed by atoms with E-state index in [1.165, 1.54) is 23.8 Å². The summed E-state index contributed by atoms with van der Waals surface area (Å²) in [5, 5.41) is 18.5. The van der Waals surface area contributed by atoms with Crippen LogP contribution in [-0.2, 0) is 9.59 Å². The number of aliphatic hydroxyl groups excluding tert-OH is 2. The number of carbonyl (C=O) groups is 2. The van der Waals surface area contributed by atoms with Crippen molar-refractivity contribution in [3.63, 3.8) is 0 Å². The molecule has 0 spiro atoms. The standard InChI is InChI=1S/C9H16N2O4/c1-6(12)10(2)5-9(15)11-3-7(13)8(14)4-11/h7-8,13-14H,3-5H2,1-2H3/t7-,8+. The van der Waals surface area contributed by atoms with Crippen molar-refractivity contribution in [2.75, 3.05) is 26.7 Å². The van der Waals surface area contributed by atoms with E-state index in [0.717, 1.165) is 0 Å². The van der Waals surface area contributed by atoms with Crippen molar-refractivity contribution in [1.82, 2.24) is 9.80 Å². The lowest BCUT2D eigenvalue weighted by molar-refractivity contribution is -0.138. The second kappa shape index (κ2) is 4.59. The van der Waals surface area contributed by atoms with Gasteiger partial charge in [0.05, 0.1) is 18.8 Å². The number of nitrogens with zero attached hydrogens (tertiary/aromatic N) is 2. The summed E-state index contributed by atoms with van der Waals surface area (Å²) in [4.78, 5) is 25.1. The number of carbonyl (C=O) groups excluding carboxylic acids is 2. The van der Waals surface area contributed by atoms with Gasteiger partial charge < -0.3 is 20.0 Å². The van der Waals surface area contributed by atoms with E-state index >= 15 is 0 Å². The van der Waals surface area contributed by atoms with Gasteiger partial charge in [-0.15, -0.1) is 0 Å². The molecular formula is C9H16N2O4. The zero-order chi connectivity index (χ0) is 11.6. The molecule has 1 fully saturated rings. The first-order valence-electron chi connectivity index (χ1n) is 4.77. The Balaban J connectivity index is 2.45. The predicted molar refractivity (Wildman–Crippen MR) is 51.9 cm³/mol. The van der Waals surface area contributed by atoms with E-state index in [4.69, 9.17) is 0 Å². The van der Waals surface area contributed by atoms with Gasteiger partial charge in [-0.25, -0.2) is 0 Å². The minimum absolute atomic E-state index is 0.0191. The van der Waals surface area contributed by atoms with Gasteiger partial charge in [-0.05, 0) is 0 Å². The minimum atomic E-state index is -0.878. The van der Waals surface area contributed by atoms with E-state index in [1.54, 1.807) is 0 Å². The summed E-state index contributed by atoms with van der Waals surface area (Å²) >= 11 is 0. The van der Waals surface area contributed by atoms with Gasteiger partial charge in [0.25, 0.3) is 0 Å². The molecule has 2 atom stereocenters. The van der Waals surface area contributed by atoms with Crippen molar-refractivity contribution in [2.24, 2.45) is 0 Å². The first-order valence-corrected chi connectivity index (χ1v) is 4.77. The average molecular weight is 216 g/mol. The molecule has 0 unspecified atom stereocenters. The second-order valence-corrected chi connectivity index (χ2v) is 3.81. The molecule has 15 heavy (non-hydrogen) atoms. The van der Waals surface area contributed by atoms with Crippen LogP contribution in [0.1, 0.15) is 6.92 Å². The predicted octanol–water partition coefficient (Wildman–Crippen LogP) is -1.97. The van der Waals surface area contributed by atoms with Gasteiger partial charge in [0.2, 0.25) is 11.8 Å². The van der Waals surface area contributed by atoms with Gasteiger partial charge in [-0.1, -0.05) is 0 Å². The maximum Gasteiger partial charge on any atom is 0.242 e. The molecule has 1 aliphatic rings. The van der Waals surface area contributed by atoms with Crippen molar-refractivity contribution in [2.45, 2.75) is 19.1 Å². The maximum atomic E-state index is 11.6. The van der Waals surface area contributed by atoms with Crippen LogP contribution < -0.4 is 0 Å². The molecule has 6 nitrogen and oxygen atoms in total. The SMILES string of the molecule is CC(=O)N(C)CC(=O)N1C[C@@H](O)[C@@H](O)C1. The Bertz CT molecular complexity index is 259. The molecule has 0 aliphatic carbocycles. The lowest BCUT2D eigenvalue weighted by Crippen LogP contribution is -2.39.